The molecule has 1 N–H and O–H groups in total. The minimum atomic E-state index is -0.332. The first-order valence-corrected chi connectivity index (χ1v) is 7.16. The van der Waals surface area contributed by atoms with Crippen LogP contribution in [0.1, 0.15) is 11.5 Å². The molecule has 1 aliphatic rings. The largest absolute Gasteiger partial charge is 0.492 e. The van der Waals surface area contributed by atoms with E-state index in [4.69, 9.17) is 16.3 Å². The van der Waals surface area contributed by atoms with Gasteiger partial charge in [-0.25, -0.2) is 4.98 Å². The molecule has 0 saturated heterocycles. The first-order chi connectivity index (χ1) is 9.65. The van der Waals surface area contributed by atoms with Crippen molar-refractivity contribution in [3.8, 4) is 5.75 Å². The number of pyridine rings is 1. The smallest absolute Gasteiger partial charge is 0.235 e. The maximum absolute atomic E-state index is 12.3. The van der Waals surface area contributed by atoms with Gasteiger partial charge < -0.3 is 10.1 Å². The lowest BCUT2D eigenvalue weighted by Gasteiger charge is -2.11. The van der Waals surface area contributed by atoms with Gasteiger partial charge in [0.25, 0.3) is 0 Å². The van der Waals surface area contributed by atoms with E-state index >= 15 is 0 Å². The summed E-state index contributed by atoms with van der Waals surface area (Å²) < 4.78 is 6.26. The Labute approximate surface area is 129 Å². The summed E-state index contributed by atoms with van der Waals surface area (Å²) in [4.78, 5) is 16.3. The van der Waals surface area contributed by atoms with Crippen LogP contribution >= 0.6 is 27.5 Å². The van der Waals surface area contributed by atoms with Crippen LogP contribution < -0.4 is 10.1 Å². The molecule has 20 heavy (non-hydrogen) atoms. The van der Waals surface area contributed by atoms with Gasteiger partial charge in [0, 0.05) is 16.2 Å². The molecule has 0 bridgehead atoms. The molecule has 1 unspecified atom stereocenters. The highest BCUT2D eigenvalue weighted by atomic mass is 79.9. The molecule has 1 atom stereocenters. The van der Waals surface area contributed by atoms with Crippen LogP contribution in [0.3, 0.4) is 0 Å². The maximum atomic E-state index is 12.3. The van der Waals surface area contributed by atoms with E-state index in [-0.39, 0.29) is 17.0 Å². The number of hydrogen-bond acceptors (Lipinski definition) is 3. The van der Waals surface area contributed by atoms with E-state index in [0.717, 1.165) is 15.8 Å². The van der Waals surface area contributed by atoms with E-state index in [2.05, 4.69) is 26.2 Å². The van der Waals surface area contributed by atoms with Crippen molar-refractivity contribution in [1.82, 2.24) is 4.98 Å². The molecule has 6 heteroatoms. The number of halogens is 2. The molecule has 0 radical (unpaired) electrons. The lowest BCUT2D eigenvalue weighted by Crippen LogP contribution is -2.22. The highest BCUT2D eigenvalue weighted by Gasteiger charge is 2.30. The molecule has 0 aliphatic carbocycles. The third kappa shape index (κ3) is 2.51. The number of rotatable bonds is 2. The van der Waals surface area contributed by atoms with Crippen LogP contribution in [-0.2, 0) is 4.79 Å². The number of ether oxygens (including phenoxy) is 1. The Morgan fingerprint density at radius 2 is 2.25 bits per heavy atom. The predicted octanol–water partition coefficient (Wildman–Crippen LogP) is 3.61. The van der Waals surface area contributed by atoms with Crippen LogP contribution in [0.4, 0.5) is 5.69 Å². The maximum Gasteiger partial charge on any atom is 0.235 e. The lowest BCUT2D eigenvalue weighted by molar-refractivity contribution is -0.117. The second-order valence-electron chi connectivity index (χ2n) is 4.38. The third-order valence-electron chi connectivity index (χ3n) is 3.08. The van der Waals surface area contributed by atoms with Gasteiger partial charge in [-0.3, -0.25) is 4.79 Å². The molecule has 2 aromatic rings. The Kier molecular flexibility index (Phi) is 3.63. The predicted molar refractivity (Wildman–Crippen MR) is 80.3 cm³/mol. The van der Waals surface area contributed by atoms with Gasteiger partial charge in [-0.2, -0.15) is 0 Å². The molecule has 0 saturated carbocycles. The van der Waals surface area contributed by atoms with Crippen LogP contribution in [0.2, 0.25) is 5.15 Å². The number of carbonyl (C=O) groups is 1. The summed E-state index contributed by atoms with van der Waals surface area (Å²) in [5.74, 6) is 0.268. The quantitative estimate of drug-likeness (QED) is 0.839. The molecule has 1 aromatic heterocycles. The van der Waals surface area contributed by atoms with E-state index < -0.39 is 0 Å². The molecule has 0 spiro atoms. The summed E-state index contributed by atoms with van der Waals surface area (Å²) in [5, 5.41) is 3.05. The van der Waals surface area contributed by atoms with E-state index in [1.807, 2.05) is 24.3 Å². The number of hydrogen-bond donors (Lipinski definition) is 1. The summed E-state index contributed by atoms with van der Waals surface area (Å²) >= 11 is 9.27. The molecule has 4 nitrogen and oxygen atoms in total. The Bertz CT molecular complexity index is 678. The van der Waals surface area contributed by atoms with Crippen molar-refractivity contribution in [2.45, 2.75) is 5.92 Å². The third-order valence-corrected chi connectivity index (χ3v) is 3.81. The molecule has 1 amide bonds. The normalized spacial score (nSPS) is 16.4. The zero-order valence-electron chi connectivity index (χ0n) is 10.3. The highest BCUT2D eigenvalue weighted by Crippen LogP contribution is 2.34. The molecule has 2 heterocycles. The monoisotopic (exact) mass is 352 g/mol. The van der Waals surface area contributed by atoms with Crippen molar-refractivity contribution in [1.29, 1.82) is 0 Å². The van der Waals surface area contributed by atoms with Crippen molar-refractivity contribution in [3.63, 3.8) is 0 Å². The average Bonchev–Trinajstić information content (AvgIpc) is 2.87. The number of nitrogens with zero attached hydrogens (tertiary/aromatic N) is 1. The molecule has 1 aliphatic heterocycles. The second-order valence-corrected chi connectivity index (χ2v) is 5.66. The standard InChI is InChI=1S/C14H10BrClN2O2/c15-8-5-11(13(16)17-6-8)18-14(19)10-7-20-12-4-2-1-3-9(10)12/h1-6,10H,7H2,(H,18,19). The number of amides is 1. The van der Waals surface area contributed by atoms with Gasteiger partial charge in [-0.15, -0.1) is 0 Å². The molecule has 1 aromatic carbocycles. The van der Waals surface area contributed by atoms with Gasteiger partial charge in [0.15, 0.2) is 5.15 Å². The van der Waals surface area contributed by atoms with Crippen LogP contribution in [0.25, 0.3) is 0 Å². The minimum Gasteiger partial charge on any atom is -0.492 e. The Balaban J connectivity index is 1.83. The van der Waals surface area contributed by atoms with Crippen LogP contribution in [0.15, 0.2) is 41.0 Å². The lowest BCUT2D eigenvalue weighted by atomic mass is 10.0. The van der Waals surface area contributed by atoms with Crippen LogP contribution in [-0.4, -0.2) is 17.5 Å². The summed E-state index contributed by atoms with van der Waals surface area (Å²) in [6.07, 6.45) is 1.58. The van der Waals surface area contributed by atoms with Crippen molar-refractivity contribution < 1.29 is 9.53 Å². The van der Waals surface area contributed by atoms with Crippen LogP contribution in [0, 0.1) is 0 Å². The van der Waals surface area contributed by atoms with Gasteiger partial charge >= 0.3 is 0 Å². The van der Waals surface area contributed by atoms with Gasteiger partial charge in [-0.1, -0.05) is 29.8 Å². The molecule has 3 rings (SSSR count). The fraction of sp³-hybridized carbons (Fsp3) is 0.143. The van der Waals surface area contributed by atoms with Gasteiger partial charge in [0.2, 0.25) is 5.91 Å². The summed E-state index contributed by atoms with van der Waals surface area (Å²) in [5.41, 5.74) is 1.37. The molecule has 102 valence electrons. The SMILES string of the molecule is O=C(Nc1cc(Br)cnc1Cl)C1COc2ccccc21. The number of aromatic nitrogens is 1. The summed E-state index contributed by atoms with van der Waals surface area (Å²) in [6, 6.07) is 9.24. The van der Waals surface area contributed by atoms with Crippen LogP contribution in [0.5, 0.6) is 5.75 Å². The Morgan fingerprint density at radius 1 is 1.45 bits per heavy atom. The number of benzene rings is 1. The number of para-hydroxylation sites is 1. The Morgan fingerprint density at radius 3 is 3.10 bits per heavy atom. The summed E-state index contributed by atoms with van der Waals surface area (Å²) in [6.45, 7) is 0.338. The zero-order valence-corrected chi connectivity index (χ0v) is 12.6. The Hall–Kier alpha value is -1.59. The first-order valence-electron chi connectivity index (χ1n) is 5.99. The van der Waals surface area contributed by atoms with Gasteiger partial charge in [-0.05, 0) is 28.1 Å². The zero-order chi connectivity index (χ0) is 14.1. The fourth-order valence-corrected chi connectivity index (χ4v) is 2.59. The van der Waals surface area contributed by atoms with E-state index in [0.29, 0.717) is 12.3 Å². The first kappa shape index (κ1) is 13.4. The van der Waals surface area contributed by atoms with Crippen molar-refractivity contribution in [3.05, 3.63) is 51.7 Å². The number of carbonyl (C=O) groups excluding carboxylic acids is 1. The van der Waals surface area contributed by atoms with E-state index in [1.54, 1.807) is 12.3 Å². The van der Waals surface area contributed by atoms with E-state index in [9.17, 15) is 4.79 Å². The van der Waals surface area contributed by atoms with Gasteiger partial charge in [0.1, 0.15) is 18.3 Å². The van der Waals surface area contributed by atoms with Crippen molar-refractivity contribution in [2.24, 2.45) is 0 Å². The number of anilines is 1. The molecule has 0 fully saturated rings. The molecular weight excluding hydrogens is 344 g/mol. The minimum absolute atomic E-state index is 0.156. The average molecular weight is 354 g/mol. The fourth-order valence-electron chi connectivity index (χ4n) is 2.11. The van der Waals surface area contributed by atoms with Crippen molar-refractivity contribution in [2.75, 3.05) is 11.9 Å². The number of nitrogens with one attached hydrogen (secondary N) is 1. The summed E-state index contributed by atoms with van der Waals surface area (Å²) in [7, 11) is 0. The second kappa shape index (κ2) is 5.42. The highest BCUT2D eigenvalue weighted by molar-refractivity contribution is 9.10. The van der Waals surface area contributed by atoms with Gasteiger partial charge in [0.05, 0.1) is 5.69 Å². The topological polar surface area (TPSA) is 51.2 Å². The number of fused-ring (bicyclic) bond motifs is 1. The molecular formula is C14H10BrClN2O2. The van der Waals surface area contributed by atoms with E-state index in [1.165, 1.54) is 0 Å². The van der Waals surface area contributed by atoms with Crippen molar-refractivity contribution >= 4 is 39.1 Å².